The zero-order valence-corrected chi connectivity index (χ0v) is 12.9. The molecule has 2 aromatic heterocycles. The maximum absolute atomic E-state index is 4.19. The number of rotatable bonds is 5. The molecule has 2 heterocycles. The van der Waals surface area contributed by atoms with E-state index >= 15 is 0 Å². The van der Waals surface area contributed by atoms with Gasteiger partial charge < -0.3 is 0 Å². The van der Waals surface area contributed by atoms with Crippen molar-refractivity contribution < 1.29 is 0 Å². The Labute approximate surface area is 119 Å². The summed E-state index contributed by atoms with van der Waals surface area (Å²) in [5, 5.41) is 7.84. The summed E-state index contributed by atoms with van der Waals surface area (Å²) in [6.07, 6.45) is 7.88. The normalized spacial score (nSPS) is 12.6. The molecule has 0 aliphatic rings. The van der Waals surface area contributed by atoms with Gasteiger partial charge in [0.25, 0.3) is 0 Å². The van der Waals surface area contributed by atoms with E-state index in [0.717, 1.165) is 12.8 Å². The molecule has 0 atom stereocenters. The van der Waals surface area contributed by atoms with Crippen molar-refractivity contribution in [2.24, 2.45) is 0 Å². The Kier molecular flexibility index (Phi) is 3.99. The molecule has 4 heteroatoms. The fraction of sp³-hybridized carbons (Fsp3) is 0.533. The van der Waals surface area contributed by atoms with Gasteiger partial charge in [0.1, 0.15) is 0 Å². The molecule has 2 aromatic rings. The molecule has 0 radical (unpaired) electrons. The number of nitrogens with zero attached hydrogens (tertiary/aromatic N) is 3. The van der Waals surface area contributed by atoms with Crippen LogP contribution in [0.3, 0.4) is 0 Å². The minimum atomic E-state index is 0.123. The zero-order valence-electron chi connectivity index (χ0n) is 12.1. The van der Waals surface area contributed by atoms with Crippen LogP contribution in [0, 0.1) is 0 Å². The molecule has 0 saturated carbocycles. The number of thiazole rings is 1. The minimum absolute atomic E-state index is 0.123. The third-order valence-corrected chi connectivity index (χ3v) is 4.98. The van der Waals surface area contributed by atoms with Crippen LogP contribution in [0.25, 0.3) is 0 Å². The second kappa shape index (κ2) is 5.37. The van der Waals surface area contributed by atoms with Crippen molar-refractivity contribution in [3.05, 3.63) is 40.6 Å². The van der Waals surface area contributed by atoms with Crippen LogP contribution in [0.4, 0.5) is 0 Å². The molecular weight excluding hydrogens is 254 g/mol. The Balaban J connectivity index is 2.06. The van der Waals surface area contributed by atoms with Crippen LogP contribution in [0.1, 0.15) is 51.0 Å². The lowest BCUT2D eigenvalue weighted by Gasteiger charge is -2.30. The highest BCUT2D eigenvalue weighted by atomic mass is 32.1. The zero-order chi connectivity index (χ0) is 13.9. The SMILES string of the molecule is CC(C)(CCC(C)(C)c1cncs1)c1ccnnc1. The molecule has 19 heavy (non-hydrogen) atoms. The van der Waals surface area contributed by atoms with Crippen molar-refractivity contribution in [3.63, 3.8) is 0 Å². The van der Waals surface area contributed by atoms with Crippen LogP contribution < -0.4 is 0 Å². The standard InChI is InChI=1S/C15H21N3S/c1-14(2,12-5-8-17-18-9-12)6-7-15(3,4)13-10-16-11-19-13/h5,8-11H,6-7H2,1-4H3. The lowest BCUT2D eigenvalue weighted by molar-refractivity contribution is 0.377. The Morgan fingerprint density at radius 2 is 1.74 bits per heavy atom. The number of aromatic nitrogens is 3. The van der Waals surface area contributed by atoms with Gasteiger partial charge in [0.15, 0.2) is 0 Å². The average Bonchev–Trinajstić information content (AvgIpc) is 2.93. The lowest BCUT2D eigenvalue weighted by Crippen LogP contribution is -2.24. The van der Waals surface area contributed by atoms with Gasteiger partial charge in [-0.2, -0.15) is 10.2 Å². The Morgan fingerprint density at radius 3 is 2.32 bits per heavy atom. The van der Waals surface area contributed by atoms with Crippen LogP contribution >= 0.6 is 11.3 Å². The highest BCUT2D eigenvalue weighted by Crippen LogP contribution is 2.36. The summed E-state index contributed by atoms with van der Waals surface area (Å²) in [6, 6.07) is 2.06. The monoisotopic (exact) mass is 275 g/mol. The Hall–Kier alpha value is -1.29. The first-order valence-corrected chi connectivity index (χ1v) is 7.46. The topological polar surface area (TPSA) is 38.7 Å². The van der Waals surface area contributed by atoms with E-state index in [4.69, 9.17) is 0 Å². The predicted molar refractivity (Wildman–Crippen MR) is 79.4 cm³/mol. The van der Waals surface area contributed by atoms with E-state index in [0.29, 0.717) is 0 Å². The van der Waals surface area contributed by atoms with Crippen molar-refractivity contribution in [3.8, 4) is 0 Å². The van der Waals surface area contributed by atoms with Crippen molar-refractivity contribution >= 4 is 11.3 Å². The van der Waals surface area contributed by atoms with Gasteiger partial charge in [-0.05, 0) is 29.9 Å². The van der Waals surface area contributed by atoms with Gasteiger partial charge in [0.2, 0.25) is 0 Å². The summed E-state index contributed by atoms with van der Waals surface area (Å²) < 4.78 is 0. The highest BCUT2D eigenvalue weighted by Gasteiger charge is 2.28. The summed E-state index contributed by atoms with van der Waals surface area (Å²) in [7, 11) is 0. The Morgan fingerprint density at radius 1 is 1.00 bits per heavy atom. The van der Waals surface area contributed by atoms with Gasteiger partial charge in [-0.3, -0.25) is 4.98 Å². The van der Waals surface area contributed by atoms with Gasteiger partial charge in [-0.1, -0.05) is 27.7 Å². The second-order valence-electron chi connectivity index (χ2n) is 6.26. The molecule has 0 bridgehead atoms. The molecule has 0 aromatic carbocycles. The molecule has 0 fully saturated rings. The van der Waals surface area contributed by atoms with Crippen LogP contribution in [0.5, 0.6) is 0 Å². The van der Waals surface area contributed by atoms with Crippen LogP contribution in [0.15, 0.2) is 30.2 Å². The lowest BCUT2D eigenvalue weighted by atomic mass is 9.75. The Bertz CT molecular complexity index is 503. The largest absolute Gasteiger partial charge is 0.253 e. The molecule has 0 aliphatic heterocycles. The number of hydrogen-bond donors (Lipinski definition) is 0. The van der Waals surface area contributed by atoms with Crippen LogP contribution in [-0.2, 0) is 10.8 Å². The van der Waals surface area contributed by atoms with E-state index in [9.17, 15) is 0 Å². The maximum atomic E-state index is 4.19. The van der Waals surface area contributed by atoms with Crippen molar-refractivity contribution in [1.82, 2.24) is 15.2 Å². The predicted octanol–water partition coefficient (Wildman–Crippen LogP) is 3.97. The fourth-order valence-corrected chi connectivity index (χ4v) is 2.91. The first-order valence-electron chi connectivity index (χ1n) is 6.58. The molecule has 0 unspecified atom stereocenters. The molecule has 102 valence electrons. The van der Waals surface area contributed by atoms with Crippen molar-refractivity contribution in [2.45, 2.75) is 51.4 Å². The second-order valence-corrected chi connectivity index (χ2v) is 7.15. The minimum Gasteiger partial charge on any atom is -0.253 e. The van der Waals surface area contributed by atoms with E-state index in [1.807, 2.05) is 17.9 Å². The summed E-state index contributed by atoms with van der Waals surface area (Å²) in [6.45, 7) is 9.13. The van der Waals surface area contributed by atoms with Gasteiger partial charge in [-0.15, -0.1) is 11.3 Å². The smallest absolute Gasteiger partial charge is 0.0794 e. The van der Waals surface area contributed by atoms with E-state index < -0.39 is 0 Å². The maximum Gasteiger partial charge on any atom is 0.0794 e. The van der Waals surface area contributed by atoms with E-state index in [-0.39, 0.29) is 10.8 Å². The summed E-state index contributed by atoms with van der Waals surface area (Å²) in [4.78, 5) is 5.55. The molecule has 2 rings (SSSR count). The molecule has 3 nitrogen and oxygen atoms in total. The van der Waals surface area contributed by atoms with Crippen LogP contribution in [0.2, 0.25) is 0 Å². The quantitative estimate of drug-likeness (QED) is 0.828. The summed E-state index contributed by atoms with van der Waals surface area (Å²) in [5.41, 5.74) is 3.47. The molecule has 0 spiro atoms. The summed E-state index contributed by atoms with van der Waals surface area (Å²) in [5.74, 6) is 0. The first-order chi connectivity index (χ1) is 8.92. The fourth-order valence-electron chi connectivity index (χ4n) is 2.13. The highest BCUT2D eigenvalue weighted by molar-refractivity contribution is 7.09. The third-order valence-electron chi connectivity index (χ3n) is 3.84. The molecule has 0 aliphatic carbocycles. The molecule has 0 amide bonds. The van der Waals surface area contributed by atoms with Crippen LogP contribution in [-0.4, -0.2) is 15.2 Å². The molecule has 0 saturated heterocycles. The summed E-state index contributed by atoms with van der Waals surface area (Å²) >= 11 is 1.74. The van der Waals surface area contributed by atoms with E-state index in [1.165, 1.54) is 10.4 Å². The van der Waals surface area contributed by atoms with Gasteiger partial charge in [-0.25, -0.2) is 0 Å². The molecule has 0 N–H and O–H groups in total. The van der Waals surface area contributed by atoms with Gasteiger partial charge in [0.05, 0.1) is 11.7 Å². The first kappa shape index (κ1) is 14.1. The van der Waals surface area contributed by atoms with Crippen molar-refractivity contribution in [1.29, 1.82) is 0 Å². The number of hydrogen-bond acceptors (Lipinski definition) is 4. The van der Waals surface area contributed by atoms with E-state index in [2.05, 4.69) is 48.9 Å². The average molecular weight is 275 g/mol. The third kappa shape index (κ3) is 3.38. The van der Waals surface area contributed by atoms with Gasteiger partial charge >= 0.3 is 0 Å². The van der Waals surface area contributed by atoms with E-state index in [1.54, 1.807) is 17.5 Å². The van der Waals surface area contributed by atoms with Gasteiger partial charge in [0, 0.05) is 22.7 Å². The van der Waals surface area contributed by atoms with Crippen molar-refractivity contribution in [2.75, 3.05) is 0 Å². The molecular formula is C15H21N3S.